The van der Waals surface area contributed by atoms with Crippen molar-refractivity contribution in [2.45, 2.75) is 22.6 Å². The molecule has 1 aliphatic heterocycles. The van der Waals surface area contributed by atoms with Crippen LogP contribution in [0.4, 0.5) is 11.4 Å². The zero-order chi connectivity index (χ0) is 19.6. The number of ether oxygens (including phenoxy) is 3. The maximum absolute atomic E-state index is 12.3. The van der Waals surface area contributed by atoms with Gasteiger partial charge in [0.2, 0.25) is 0 Å². The lowest BCUT2D eigenvalue weighted by Crippen LogP contribution is -2.26. The number of methoxy groups -OCH3 is 2. The Morgan fingerprint density at radius 1 is 1.04 bits per heavy atom. The second-order valence-corrected chi connectivity index (χ2v) is 7.01. The standard InChI is InChI=1S/C20H21NO5S/c1-5-26-20(23)18(19(22)25-4)12-6-9-16-15(10-12)21(2)14-8-7-13(24-3)11-17(14)27-16/h6-11,18H,5H2,1-4H3. The van der Waals surface area contributed by atoms with E-state index < -0.39 is 17.9 Å². The van der Waals surface area contributed by atoms with Crippen molar-refractivity contribution in [1.82, 2.24) is 0 Å². The number of carbonyl (C=O) groups is 2. The molecule has 1 atom stereocenters. The van der Waals surface area contributed by atoms with Gasteiger partial charge in [-0.15, -0.1) is 0 Å². The molecule has 1 aliphatic rings. The molecule has 0 aliphatic carbocycles. The third-order valence-corrected chi connectivity index (χ3v) is 5.50. The number of nitrogens with zero attached hydrogens (tertiary/aromatic N) is 1. The normalized spacial score (nSPS) is 13.3. The van der Waals surface area contributed by atoms with Crippen LogP contribution in [0.3, 0.4) is 0 Å². The van der Waals surface area contributed by atoms with Crippen molar-refractivity contribution < 1.29 is 23.8 Å². The monoisotopic (exact) mass is 387 g/mol. The van der Waals surface area contributed by atoms with Crippen LogP contribution in [-0.4, -0.2) is 39.8 Å². The minimum absolute atomic E-state index is 0.197. The molecule has 0 N–H and O–H groups in total. The van der Waals surface area contributed by atoms with Gasteiger partial charge < -0.3 is 19.1 Å². The van der Waals surface area contributed by atoms with E-state index in [2.05, 4.69) is 0 Å². The van der Waals surface area contributed by atoms with Gasteiger partial charge in [-0.2, -0.15) is 0 Å². The zero-order valence-corrected chi connectivity index (χ0v) is 16.5. The lowest BCUT2D eigenvalue weighted by atomic mass is 9.98. The minimum atomic E-state index is -1.10. The summed E-state index contributed by atoms with van der Waals surface area (Å²) >= 11 is 1.61. The summed E-state index contributed by atoms with van der Waals surface area (Å²) in [7, 11) is 4.85. The maximum atomic E-state index is 12.3. The molecule has 0 fully saturated rings. The minimum Gasteiger partial charge on any atom is -0.497 e. The predicted octanol–water partition coefficient (Wildman–Crippen LogP) is 3.75. The van der Waals surface area contributed by atoms with Crippen molar-refractivity contribution in [3.8, 4) is 5.75 Å². The fourth-order valence-corrected chi connectivity index (χ4v) is 4.16. The van der Waals surface area contributed by atoms with Crippen molar-refractivity contribution in [2.24, 2.45) is 0 Å². The van der Waals surface area contributed by atoms with Gasteiger partial charge in [0.15, 0.2) is 5.92 Å². The molecule has 1 heterocycles. The van der Waals surface area contributed by atoms with Crippen LogP contribution in [0.2, 0.25) is 0 Å². The second-order valence-electron chi connectivity index (χ2n) is 5.93. The first-order chi connectivity index (χ1) is 13.0. The summed E-state index contributed by atoms with van der Waals surface area (Å²) in [4.78, 5) is 28.6. The molecule has 2 aromatic rings. The van der Waals surface area contributed by atoms with Crippen LogP contribution in [0.1, 0.15) is 18.4 Å². The van der Waals surface area contributed by atoms with E-state index in [1.165, 1.54) is 7.11 Å². The summed E-state index contributed by atoms with van der Waals surface area (Å²) in [5.74, 6) is -1.55. The average molecular weight is 387 g/mol. The average Bonchev–Trinajstić information content (AvgIpc) is 2.68. The van der Waals surface area contributed by atoms with E-state index in [0.717, 1.165) is 26.9 Å². The van der Waals surface area contributed by atoms with Crippen molar-refractivity contribution >= 4 is 35.1 Å². The van der Waals surface area contributed by atoms with Crippen LogP contribution >= 0.6 is 11.8 Å². The predicted molar refractivity (Wildman–Crippen MR) is 103 cm³/mol. The highest BCUT2D eigenvalue weighted by Gasteiger charge is 2.32. The number of carbonyl (C=O) groups excluding carboxylic acids is 2. The zero-order valence-electron chi connectivity index (χ0n) is 15.6. The molecule has 1 unspecified atom stereocenters. The van der Waals surface area contributed by atoms with Crippen LogP contribution in [0.15, 0.2) is 46.2 Å². The Morgan fingerprint density at radius 2 is 1.81 bits per heavy atom. The number of esters is 2. The highest BCUT2D eigenvalue weighted by Crippen LogP contribution is 2.49. The lowest BCUT2D eigenvalue weighted by Gasteiger charge is -2.30. The van der Waals surface area contributed by atoms with Gasteiger partial charge in [0.25, 0.3) is 0 Å². The van der Waals surface area contributed by atoms with Gasteiger partial charge in [0.1, 0.15) is 5.75 Å². The fourth-order valence-electron chi connectivity index (χ4n) is 3.00. The Hall–Kier alpha value is -2.67. The highest BCUT2D eigenvalue weighted by atomic mass is 32.2. The van der Waals surface area contributed by atoms with E-state index >= 15 is 0 Å². The molecule has 7 heteroatoms. The van der Waals surface area contributed by atoms with Gasteiger partial charge in [-0.1, -0.05) is 17.8 Å². The molecule has 0 saturated carbocycles. The molecule has 0 aromatic heterocycles. The Bertz CT molecular complexity index is 883. The Labute approximate surface area is 162 Å². The molecule has 27 heavy (non-hydrogen) atoms. The van der Waals surface area contributed by atoms with Gasteiger partial charge >= 0.3 is 11.9 Å². The number of hydrogen-bond acceptors (Lipinski definition) is 7. The summed E-state index contributed by atoms with van der Waals surface area (Å²) < 4.78 is 15.2. The molecule has 3 rings (SSSR count). The number of rotatable bonds is 5. The molecule has 0 amide bonds. The molecule has 0 radical (unpaired) electrons. The van der Waals surface area contributed by atoms with Crippen molar-refractivity contribution in [1.29, 1.82) is 0 Å². The van der Waals surface area contributed by atoms with Gasteiger partial charge in [-0.25, -0.2) is 0 Å². The van der Waals surface area contributed by atoms with Crippen LogP contribution in [0.25, 0.3) is 0 Å². The molecule has 2 aromatic carbocycles. The molecule has 0 spiro atoms. The number of anilines is 2. The van der Waals surface area contributed by atoms with Gasteiger partial charge in [0.05, 0.1) is 32.2 Å². The highest BCUT2D eigenvalue weighted by molar-refractivity contribution is 7.99. The van der Waals surface area contributed by atoms with Crippen molar-refractivity contribution in [3.63, 3.8) is 0 Å². The summed E-state index contributed by atoms with van der Waals surface area (Å²) in [6.07, 6.45) is 0. The van der Waals surface area contributed by atoms with E-state index in [4.69, 9.17) is 14.2 Å². The topological polar surface area (TPSA) is 65.1 Å². The summed E-state index contributed by atoms with van der Waals surface area (Å²) in [5, 5.41) is 0. The number of fused-ring (bicyclic) bond motifs is 2. The van der Waals surface area contributed by atoms with E-state index in [9.17, 15) is 9.59 Å². The quantitative estimate of drug-likeness (QED) is 0.572. The second kappa shape index (κ2) is 7.92. The van der Waals surface area contributed by atoms with E-state index in [0.29, 0.717) is 5.56 Å². The van der Waals surface area contributed by atoms with Crippen LogP contribution in [0, 0.1) is 0 Å². The molecule has 0 saturated heterocycles. The van der Waals surface area contributed by atoms with Crippen molar-refractivity contribution in [2.75, 3.05) is 32.8 Å². The van der Waals surface area contributed by atoms with E-state index in [1.54, 1.807) is 31.9 Å². The molecule has 6 nitrogen and oxygen atoms in total. The fraction of sp³-hybridized carbons (Fsp3) is 0.300. The maximum Gasteiger partial charge on any atom is 0.324 e. The summed E-state index contributed by atoms with van der Waals surface area (Å²) in [5.41, 5.74) is 2.48. The lowest BCUT2D eigenvalue weighted by molar-refractivity contribution is -0.155. The first kappa shape index (κ1) is 19.1. The van der Waals surface area contributed by atoms with Gasteiger partial charge in [0, 0.05) is 16.8 Å². The molecule has 142 valence electrons. The Kier molecular flexibility index (Phi) is 5.60. The first-order valence-corrected chi connectivity index (χ1v) is 9.29. The molecule has 0 bridgehead atoms. The number of hydrogen-bond donors (Lipinski definition) is 0. The SMILES string of the molecule is CCOC(=O)C(C(=O)OC)c1ccc2c(c1)N(C)c1ccc(OC)cc1S2. The van der Waals surface area contributed by atoms with Crippen LogP contribution < -0.4 is 9.64 Å². The van der Waals surface area contributed by atoms with Crippen LogP contribution in [0.5, 0.6) is 5.75 Å². The van der Waals surface area contributed by atoms with Crippen LogP contribution in [-0.2, 0) is 19.1 Å². The van der Waals surface area contributed by atoms with Gasteiger partial charge in [-0.05, 0) is 42.8 Å². The third kappa shape index (κ3) is 3.60. The van der Waals surface area contributed by atoms with E-state index in [1.807, 2.05) is 42.3 Å². The van der Waals surface area contributed by atoms with E-state index in [-0.39, 0.29) is 6.61 Å². The molecular formula is C20H21NO5S. The van der Waals surface area contributed by atoms with Crippen molar-refractivity contribution in [3.05, 3.63) is 42.0 Å². The summed E-state index contributed by atoms with van der Waals surface area (Å²) in [6.45, 7) is 1.90. The Morgan fingerprint density at radius 3 is 2.48 bits per heavy atom. The largest absolute Gasteiger partial charge is 0.497 e. The Balaban J connectivity index is 2.01. The number of benzene rings is 2. The smallest absolute Gasteiger partial charge is 0.324 e. The summed E-state index contributed by atoms with van der Waals surface area (Å²) in [6, 6.07) is 11.4. The van der Waals surface area contributed by atoms with Gasteiger partial charge in [-0.3, -0.25) is 9.59 Å². The third-order valence-electron chi connectivity index (χ3n) is 4.39. The molecular weight excluding hydrogens is 366 g/mol. The first-order valence-electron chi connectivity index (χ1n) is 8.48.